The number of hydrogen-bond acceptors (Lipinski definition) is 4. The lowest BCUT2D eigenvalue weighted by Crippen LogP contribution is -2.46. The lowest BCUT2D eigenvalue weighted by atomic mass is 10.0. The van der Waals surface area contributed by atoms with Crippen LogP contribution in [0.15, 0.2) is 30.0 Å². The van der Waals surface area contributed by atoms with Gasteiger partial charge in [-0.05, 0) is 36.9 Å². The summed E-state index contributed by atoms with van der Waals surface area (Å²) in [6.45, 7) is 7.88. The van der Waals surface area contributed by atoms with Gasteiger partial charge in [-0.3, -0.25) is 4.79 Å². The van der Waals surface area contributed by atoms with E-state index in [0.29, 0.717) is 25.8 Å². The normalized spacial score (nSPS) is 11.6. The SMILES string of the molecule is C=CCOC(=O)N[C@H](CC(C)C)C(=O)NC=CCCCN=[N+]=[N-]. The quantitative estimate of drug-likeness (QED) is 0.200. The minimum absolute atomic E-state index is 0.0902. The monoisotopic (exact) mass is 323 g/mol. The Morgan fingerprint density at radius 3 is 2.78 bits per heavy atom. The first-order valence-electron chi connectivity index (χ1n) is 7.51. The number of nitrogens with one attached hydrogen (secondary N) is 2. The molecule has 0 fully saturated rings. The Morgan fingerprint density at radius 2 is 2.17 bits per heavy atom. The predicted octanol–water partition coefficient (Wildman–Crippen LogP) is 3.03. The fraction of sp³-hybridized carbons (Fsp3) is 0.600. The molecule has 8 nitrogen and oxygen atoms in total. The maximum Gasteiger partial charge on any atom is 0.408 e. The van der Waals surface area contributed by atoms with Crippen LogP contribution in [0.1, 0.15) is 33.1 Å². The summed E-state index contributed by atoms with van der Waals surface area (Å²) in [6, 6.07) is -0.667. The first-order chi connectivity index (χ1) is 11.0. The zero-order chi connectivity index (χ0) is 17.5. The van der Waals surface area contributed by atoms with Crippen molar-refractivity contribution in [3.05, 3.63) is 35.4 Å². The van der Waals surface area contributed by atoms with Crippen molar-refractivity contribution in [1.82, 2.24) is 10.6 Å². The van der Waals surface area contributed by atoms with Gasteiger partial charge in [0.05, 0.1) is 0 Å². The van der Waals surface area contributed by atoms with Gasteiger partial charge in [0, 0.05) is 11.5 Å². The van der Waals surface area contributed by atoms with Crippen molar-refractivity contribution in [2.75, 3.05) is 13.2 Å². The van der Waals surface area contributed by atoms with E-state index < -0.39 is 12.1 Å². The second-order valence-electron chi connectivity index (χ2n) is 5.22. The third-order valence-corrected chi connectivity index (χ3v) is 2.68. The van der Waals surface area contributed by atoms with Gasteiger partial charge in [-0.15, -0.1) is 0 Å². The molecule has 23 heavy (non-hydrogen) atoms. The van der Waals surface area contributed by atoms with Crippen LogP contribution in [0.3, 0.4) is 0 Å². The summed E-state index contributed by atoms with van der Waals surface area (Å²) >= 11 is 0. The molecule has 2 N–H and O–H groups in total. The van der Waals surface area contributed by atoms with E-state index in [1.807, 2.05) is 13.8 Å². The molecular formula is C15H25N5O3. The summed E-state index contributed by atoms with van der Waals surface area (Å²) in [5.41, 5.74) is 8.13. The van der Waals surface area contributed by atoms with Crippen LogP contribution >= 0.6 is 0 Å². The zero-order valence-electron chi connectivity index (χ0n) is 13.7. The summed E-state index contributed by atoms with van der Waals surface area (Å²) in [5.74, 6) is -0.0705. The Hall–Kier alpha value is -2.47. The zero-order valence-corrected chi connectivity index (χ0v) is 13.7. The van der Waals surface area contributed by atoms with Crippen LogP contribution in [0, 0.1) is 5.92 Å². The van der Waals surface area contributed by atoms with E-state index >= 15 is 0 Å². The molecule has 0 aromatic carbocycles. The Labute approximate surface area is 136 Å². The molecule has 0 unspecified atom stereocenters. The van der Waals surface area contributed by atoms with Gasteiger partial charge < -0.3 is 15.4 Å². The highest BCUT2D eigenvalue weighted by molar-refractivity contribution is 5.86. The molecule has 1 atom stereocenters. The van der Waals surface area contributed by atoms with Crippen LogP contribution < -0.4 is 10.6 Å². The lowest BCUT2D eigenvalue weighted by molar-refractivity contribution is -0.122. The molecule has 0 rings (SSSR count). The molecule has 0 aliphatic rings. The largest absolute Gasteiger partial charge is 0.445 e. The van der Waals surface area contributed by atoms with Crippen LogP contribution in [0.25, 0.3) is 10.4 Å². The van der Waals surface area contributed by atoms with Gasteiger partial charge in [-0.25, -0.2) is 4.79 Å². The predicted molar refractivity (Wildman–Crippen MR) is 88.5 cm³/mol. The summed E-state index contributed by atoms with van der Waals surface area (Å²) in [5, 5.41) is 8.58. The molecular weight excluding hydrogens is 298 g/mol. The average Bonchev–Trinajstić information content (AvgIpc) is 2.50. The van der Waals surface area contributed by atoms with Gasteiger partial charge in [0.25, 0.3) is 0 Å². The van der Waals surface area contributed by atoms with E-state index in [1.54, 1.807) is 6.08 Å². The number of carbonyl (C=O) groups is 2. The molecule has 0 heterocycles. The summed E-state index contributed by atoms with van der Waals surface area (Å²) in [6.07, 6.45) is 6.00. The number of hydrogen-bond donors (Lipinski definition) is 2. The minimum atomic E-state index is -0.667. The molecule has 0 spiro atoms. The first-order valence-corrected chi connectivity index (χ1v) is 7.51. The van der Waals surface area contributed by atoms with Crippen LogP contribution in [-0.2, 0) is 9.53 Å². The number of carbonyl (C=O) groups excluding carboxylic acids is 2. The van der Waals surface area contributed by atoms with Gasteiger partial charge in [-0.1, -0.05) is 37.7 Å². The molecule has 0 aliphatic heterocycles. The molecule has 8 heteroatoms. The van der Waals surface area contributed by atoms with Gasteiger partial charge in [-0.2, -0.15) is 0 Å². The average molecular weight is 323 g/mol. The summed E-state index contributed by atoms with van der Waals surface area (Å²) in [4.78, 5) is 26.3. The molecule has 0 radical (unpaired) electrons. The topological polar surface area (TPSA) is 116 Å². The minimum Gasteiger partial charge on any atom is -0.445 e. The summed E-state index contributed by atoms with van der Waals surface area (Å²) < 4.78 is 4.83. The second kappa shape index (κ2) is 13.2. The van der Waals surface area contributed by atoms with Gasteiger partial charge in [0.15, 0.2) is 0 Å². The number of azide groups is 1. The molecule has 0 saturated carbocycles. The number of nitrogens with zero attached hydrogens (tertiary/aromatic N) is 3. The molecule has 0 aromatic heterocycles. The first kappa shape index (κ1) is 20.5. The van der Waals surface area contributed by atoms with E-state index in [4.69, 9.17) is 10.3 Å². The fourth-order valence-corrected chi connectivity index (χ4v) is 1.67. The maximum absolute atomic E-state index is 12.1. The molecule has 0 bridgehead atoms. The Morgan fingerprint density at radius 1 is 1.43 bits per heavy atom. The van der Waals surface area contributed by atoms with Crippen molar-refractivity contribution in [3.8, 4) is 0 Å². The second-order valence-corrected chi connectivity index (χ2v) is 5.22. The molecule has 0 saturated heterocycles. The lowest BCUT2D eigenvalue weighted by Gasteiger charge is -2.18. The van der Waals surface area contributed by atoms with Crippen molar-refractivity contribution in [2.24, 2.45) is 11.0 Å². The number of amides is 2. The van der Waals surface area contributed by atoms with E-state index in [1.165, 1.54) is 12.3 Å². The molecule has 2 amide bonds. The standard InChI is InChI=1S/C15H25N5O3/c1-4-10-23-15(22)19-13(11-12(2)3)14(21)17-8-6-5-7-9-18-20-16/h4,6,8,12-13H,1,5,7,9-11H2,2-3H3,(H,17,21)(H,19,22)/t13-/m1/s1. The highest BCUT2D eigenvalue weighted by Gasteiger charge is 2.21. The summed E-state index contributed by atoms with van der Waals surface area (Å²) in [7, 11) is 0. The number of alkyl carbamates (subject to hydrolysis) is 1. The Balaban J connectivity index is 4.33. The van der Waals surface area contributed by atoms with Gasteiger partial charge in [0.1, 0.15) is 12.6 Å². The van der Waals surface area contributed by atoms with Crippen molar-refractivity contribution in [1.29, 1.82) is 0 Å². The smallest absolute Gasteiger partial charge is 0.408 e. The molecule has 128 valence electrons. The molecule has 0 aliphatic carbocycles. The van der Waals surface area contributed by atoms with Crippen LogP contribution in [0.2, 0.25) is 0 Å². The van der Waals surface area contributed by atoms with Crippen LogP contribution in [0.4, 0.5) is 4.79 Å². The highest BCUT2D eigenvalue weighted by Crippen LogP contribution is 2.05. The number of ether oxygens (including phenoxy) is 1. The third kappa shape index (κ3) is 11.8. The van der Waals surface area contributed by atoms with E-state index in [9.17, 15) is 9.59 Å². The van der Waals surface area contributed by atoms with Gasteiger partial charge >= 0.3 is 6.09 Å². The molecule has 0 aromatic rings. The van der Waals surface area contributed by atoms with E-state index in [0.717, 1.165) is 0 Å². The van der Waals surface area contributed by atoms with Crippen molar-refractivity contribution >= 4 is 12.0 Å². The van der Waals surface area contributed by atoms with Crippen LogP contribution in [0.5, 0.6) is 0 Å². The van der Waals surface area contributed by atoms with Crippen molar-refractivity contribution in [3.63, 3.8) is 0 Å². The van der Waals surface area contributed by atoms with Crippen molar-refractivity contribution in [2.45, 2.75) is 39.2 Å². The van der Waals surface area contributed by atoms with Crippen LogP contribution in [-0.4, -0.2) is 31.2 Å². The van der Waals surface area contributed by atoms with E-state index in [2.05, 4.69) is 27.2 Å². The Bertz CT molecular complexity index is 456. The van der Waals surface area contributed by atoms with Gasteiger partial charge in [0.2, 0.25) is 5.91 Å². The Kier molecular flexibility index (Phi) is 11.8. The third-order valence-electron chi connectivity index (χ3n) is 2.68. The number of rotatable bonds is 11. The fourth-order valence-electron chi connectivity index (χ4n) is 1.67. The maximum atomic E-state index is 12.1. The van der Waals surface area contributed by atoms with Crippen molar-refractivity contribution < 1.29 is 14.3 Å². The highest BCUT2D eigenvalue weighted by atomic mass is 16.5. The van der Waals surface area contributed by atoms with E-state index in [-0.39, 0.29) is 18.4 Å². The number of allylic oxidation sites excluding steroid dienone is 1. The number of unbranched alkanes of at least 4 members (excludes halogenated alkanes) is 1.